The molecule has 1 atom stereocenters. The molecule has 1 heterocycles. The van der Waals surface area contributed by atoms with Crippen molar-refractivity contribution in [2.45, 2.75) is 25.6 Å². The number of amides is 1. The molecule has 3 rings (SSSR count). The number of alkyl halides is 3. The summed E-state index contributed by atoms with van der Waals surface area (Å²) in [6.07, 6.45) is -3.79. The molecule has 0 bridgehead atoms. The molecule has 1 N–H and O–H groups in total. The highest BCUT2D eigenvalue weighted by atomic mass is 35.5. The molecule has 0 saturated carbocycles. The van der Waals surface area contributed by atoms with E-state index in [0.717, 1.165) is 23.7 Å². The Labute approximate surface area is 148 Å². The number of carbonyl (C=O) groups excluding carboxylic acids is 1. The number of rotatable bonds is 3. The van der Waals surface area contributed by atoms with Crippen molar-refractivity contribution in [3.8, 4) is 0 Å². The topological polar surface area (TPSA) is 32.3 Å². The normalized spacial score (nSPS) is 16.7. The van der Waals surface area contributed by atoms with Gasteiger partial charge in [-0.15, -0.1) is 0 Å². The molecular weight excluding hydrogens is 353 g/mol. The second kappa shape index (κ2) is 6.59. The van der Waals surface area contributed by atoms with Gasteiger partial charge in [0.25, 0.3) is 0 Å². The van der Waals surface area contributed by atoms with E-state index < -0.39 is 17.6 Å². The summed E-state index contributed by atoms with van der Waals surface area (Å²) >= 11 is 5.65. The molecule has 2 aromatic rings. The van der Waals surface area contributed by atoms with Crippen LogP contribution in [0, 0.1) is 0 Å². The van der Waals surface area contributed by atoms with Gasteiger partial charge in [-0.25, -0.2) is 0 Å². The first-order valence-electron chi connectivity index (χ1n) is 7.77. The molecular formula is C18H16ClF3N2O. The third kappa shape index (κ3) is 3.74. The lowest BCUT2D eigenvalue weighted by Gasteiger charge is -2.24. The van der Waals surface area contributed by atoms with Crippen molar-refractivity contribution in [3.63, 3.8) is 0 Å². The Kier molecular flexibility index (Phi) is 4.64. The number of nitrogens with one attached hydrogen (secondary N) is 1. The number of para-hydroxylation sites is 1. The quantitative estimate of drug-likeness (QED) is 0.848. The van der Waals surface area contributed by atoms with Crippen LogP contribution in [0.25, 0.3) is 0 Å². The predicted octanol–water partition coefficient (Wildman–Crippen LogP) is 4.75. The molecule has 1 aliphatic heterocycles. The van der Waals surface area contributed by atoms with Crippen LogP contribution in [0.15, 0.2) is 42.5 Å². The number of fused-ring (bicyclic) bond motifs is 1. The third-order valence-electron chi connectivity index (χ3n) is 4.22. The number of anilines is 2. The van der Waals surface area contributed by atoms with E-state index in [1.165, 1.54) is 12.1 Å². The Morgan fingerprint density at radius 2 is 2.00 bits per heavy atom. The molecule has 132 valence electrons. The molecule has 1 amide bonds. The van der Waals surface area contributed by atoms with Gasteiger partial charge in [0.15, 0.2) is 0 Å². The van der Waals surface area contributed by atoms with E-state index in [1.54, 1.807) is 0 Å². The van der Waals surface area contributed by atoms with Crippen LogP contribution in [-0.2, 0) is 17.4 Å². The van der Waals surface area contributed by atoms with Crippen molar-refractivity contribution in [2.75, 3.05) is 16.8 Å². The maximum absolute atomic E-state index is 13.1. The summed E-state index contributed by atoms with van der Waals surface area (Å²) in [6, 6.07) is 11.1. The van der Waals surface area contributed by atoms with Gasteiger partial charge in [-0.05, 0) is 43.2 Å². The molecule has 0 saturated heterocycles. The number of carbonyl (C=O) groups is 1. The minimum Gasteiger partial charge on any atom is -0.359 e. The van der Waals surface area contributed by atoms with Gasteiger partial charge in [0.05, 0.1) is 17.8 Å². The molecule has 0 aliphatic carbocycles. The summed E-state index contributed by atoms with van der Waals surface area (Å²) in [4.78, 5) is 14.2. The Morgan fingerprint density at radius 1 is 1.28 bits per heavy atom. The van der Waals surface area contributed by atoms with Gasteiger partial charge in [-0.1, -0.05) is 29.8 Å². The van der Waals surface area contributed by atoms with Gasteiger partial charge in [-0.3, -0.25) is 4.79 Å². The highest BCUT2D eigenvalue weighted by Gasteiger charge is 2.34. The zero-order chi connectivity index (χ0) is 18.2. The summed E-state index contributed by atoms with van der Waals surface area (Å²) in [5.74, 6) is -0.503. The van der Waals surface area contributed by atoms with Crippen LogP contribution in [-0.4, -0.2) is 18.5 Å². The number of hydrogen-bond donors (Lipinski definition) is 1. The van der Waals surface area contributed by atoms with Crippen LogP contribution < -0.4 is 10.2 Å². The Balaban J connectivity index is 1.78. The van der Waals surface area contributed by atoms with Crippen molar-refractivity contribution in [3.05, 3.63) is 58.6 Å². The monoisotopic (exact) mass is 368 g/mol. The summed E-state index contributed by atoms with van der Waals surface area (Å²) in [5.41, 5.74) is 0.827. The molecule has 1 aliphatic rings. The maximum atomic E-state index is 13.1. The van der Waals surface area contributed by atoms with E-state index in [1.807, 2.05) is 36.1 Å². The Morgan fingerprint density at radius 3 is 2.72 bits per heavy atom. The van der Waals surface area contributed by atoms with Crippen LogP contribution in [0.5, 0.6) is 0 Å². The molecule has 3 nitrogen and oxygen atoms in total. The van der Waals surface area contributed by atoms with E-state index in [9.17, 15) is 18.0 Å². The molecule has 0 aromatic heterocycles. The first kappa shape index (κ1) is 17.6. The molecule has 2 aromatic carbocycles. The summed E-state index contributed by atoms with van der Waals surface area (Å²) in [6.45, 7) is 1.97. The number of nitrogens with zero attached hydrogens (tertiary/aromatic N) is 1. The average Bonchev–Trinajstić information content (AvgIpc) is 2.84. The molecule has 0 fully saturated rings. The van der Waals surface area contributed by atoms with Crippen LogP contribution in [0.3, 0.4) is 0 Å². The SMILES string of the molecule is CC1Cc2ccccc2N1CC(=O)Nc1ccc(Cl)cc1C(F)(F)F. The fourth-order valence-corrected chi connectivity index (χ4v) is 3.25. The highest BCUT2D eigenvalue weighted by Crippen LogP contribution is 2.37. The van der Waals surface area contributed by atoms with Gasteiger partial charge in [-0.2, -0.15) is 13.2 Å². The predicted molar refractivity (Wildman–Crippen MR) is 92.0 cm³/mol. The second-order valence-corrected chi connectivity index (χ2v) is 6.48. The zero-order valence-electron chi connectivity index (χ0n) is 13.4. The molecule has 7 heteroatoms. The standard InChI is InChI=1S/C18H16ClF3N2O/c1-11-8-12-4-2-3-5-16(12)24(11)10-17(25)23-15-7-6-13(19)9-14(15)18(20,21)22/h2-7,9,11H,8,10H2,1H3,(H,23,25). The van der Waals surface area contributed by atoms with Gasteiger partial charge in [0.1, 0.15) is 0 Å². The average molecular weight is 369 g/mol. The van der Waals surface area contributed by atoms with Gasteiger partial charge in [0.2, 0.25) is 5.91 Å². The first-order chi connectivity index (χ1) is 11.8. The van der Waals surface area contributed by atoms with Crippen molar-refractivity contribution < 1.29 is 18.0 Å². The molecule has 0 spiro atoms. The Hall–Kier alpha value is -2.21. The number of hydrogen-bond acceptors (Lipinski definition) is 2. The molecule has 25 heavy (non-hydrogen) atoms. The fraction of sp³-hybridized carbons (Fsp3) is 0.278. The second-order valence-electron chi connectivity index (χ2n) is 6.05. The maximum Gasteiger partial charge on any atom is 0.418 e. The first-order valence-corrected chi connectivity index (χ1v) is 8.14. The largest absolute Gasteiger partial charge is 0.418 e. The van der Waals surface area contributed by atoms with Crippen LogP contribution in [0.1, 0.15) is 18.1 Å². The number of halogens is 4. The summed E-state index contributed by atoms with van der Waals surface area (Å²) in [7, 11) is 0. The van der Waals surface area contributed by atoms with Gasteiger partial charge < -0.3 is 10.2 Å². The van der Waals surface area contributed by atoms with Gasteiger partial charge >= 0.3 is 6.18 Å². The molecule has 1 unspecified atom stereocenters. The lowest BCUT2D eigenvalue weighted by molar-refractivity contribution is -0.137. The summed E-state index contributed by atoms with van der Waals surface area (Å²) < 4.78 is 39.4. The van der Waals surface area contributed by atoms with Crippen molar-refractivity contribution in [2.24, 2.45) is 0 Å². The van der Waals surface area contributed by atoms with Crippen LogP contribution in [0.2, 0.25) is 5.02 Å². The van der Waals surface area contributed by atoms with Crippen molar-refractivity contribution in [1.29, 1.82) is 0 Å². The minimum atomic E-state index is -4.60. The van der Waals surface area contributed by atoms with Gasteiger partial charge in [0, 0.05) is 16.8 Å². The summed E-state index contributed by atoms with van der Waals surface area (Å²) in [5, 5.41) is 2.33. The minimum absolute atomic E-state index is 0.0158. The smallest absolute Gasteiger partial charge is 0.359 e. The van der Waals surface area contributed by atoms with E-state index in [0.29, 0.717) is 0 Å². The van der Waals surface area contributed by atoms with E-state index in [2.05, 4.69) is 5.32 Å². The van der Waals surface area contributed by atoms with Crippen molar-refractivity contribution in [1.82, 2.24) is 0 Å². The van der Waals surface area contributed by atoms with Crippen molar-refractivity contribution >= 4 is 28.9 Å². The zero-order valence-corrected chi connectivity index (χ0v) is 14.2. The molecule has 0 radical (unpaired) electrons. The Bertz CT molecular complexity index is 807. The third-order valence-corrected chi connectivity index (χ3v) is 4.46. The lowest BCUT2D eigenvalue weighted by atomic mass is 10.1. The van der Waals surface area contributed by atoms with E-state index in [4.69, 9.17) is 11.6 Å². The van der Waals surface area contributed by atoms with Crippen LogP contribution in [0.4, 0.5) is 24.5 Å². The highest BCUT2D eigenvalue weighted by molar-refractivity contribution is 6.30. The van der Waals surface area contributed by atoms with E-state index >= 15 is 0 Å². The lowest BCUT2D eigenvalue weighted by Crippen LogP contribution is -2.37. The van der Waals surface area contributed by atoms with Crippen LogP contribution >= 0.6 is 11.6 Å². The number of benzene rings is 2. The van der Waals surface area contributed by atoms with E-state index in [-0.39, 0.29) is 23.3 Å². The fourth-order valence-electron chi connectivity index (χ4n) is 3.07.